The Labute approximate surface area is 140 Å². The molecule has 0 spiro atoms. The minimum atomic E-state index is 0.969. The standard InChI is InChI=1S/C19H42N3/c1-7-13-20-19(21(14-8-2)15-9-3)22(16-10-4,17-11-5)18-12-6/h7-18H2,1-6H3/q+1/b20-19+. The molecule has 0 saturated heterocycles. The third kappa shape index (κ3) is 6.68. The first-order chi connectivity index (χ1) is 10.7. The Balaban J connectivity index is 5.68. The molecule has 3 heteroatoms. The monoisotopic (exact) mass is 312 g/mol. The van der Waals surface area contributed by atoms with Crippen molar-refractivity contribution in [3.63, 3.8) is 0 Å². The summed E-state index contributed by atoms with van der Waals surface area (Å²) in [6.45, 7) is 20.7. The summed E-state index contributed by atoms with van der Waals surface area (Å²) in [5, 5.41) is 0. The Hall–Kier alpha value is -0.570. The van der Waals surface area contributed by atoms with Gasteiger partial charge >= 0.3 is 0 Å². The van der Waals surface area contributed by atoms with E-state index in [1.165, 1.54) is 57.7 Å². The van der Waals surface area contributed by atoms with Crippen molar-refractivity contribution in [2.24, 2.45) is 4.99 Å². The van der Waals surface area contributed by atoms with E-state index in [1.807, 2.05) is 0 Å². The highest BCUT2D eigenvalue weighted by Crippen LogP contribution is 2.18. The van der Waals surface area contributed by atoms with E-state index < -0.39 is 0 Å². The Morgan fingerprint density at radius 3 is 1.45 bits per heavy atom. The molecular formula is C19H42N3+. The summed E-state index contributed by atoms with van der Waals surface area (Å²) in [6, 6.07) is 0. The van der Waals surface area contributed by atoms with Crippen molar-refractivity contribution in [1.82, 2.24) is 4.90 Å². The molecule has 0 aromatic carbocycles. The zero-order valence-electron chi connectivity index (χ0n) is 16.3. The van der Waals surface area contributed by atoms with Crippen LogP contribution in [0.1, 0.15) is 80.1 Å². The van der Waals surface area contributed by atoms with Crippen LogP contribution in [0.15, 0.2) is 4.99 Å². The fraction of sp³-hybridized carbons (Fsp3) is 0.947. The fourth-order valence-electron chi connectivity index (χ4n) is 3.53. The summed E-state index contributed by atoms with van der Waals surface area (Å²) in [7, 11) is 0. The summed E-state index contributed by atoms with van der Waals surface area (Å²) in [6.07, 6.45) is 7.25. The number of hydrogen-bond acceptors (Lipinski definition) is 1. The van der Waals surface area contributed by atoms with Gasteiger partial charge in [-0.15, -0.1) is 0 Å². The van der Waals surface area contributed by atoms with Gasteiger partial charge < -0.3 is 4.90 Å². The summed E-state index contributed by atoms with van der Waals surface area (Å²) in [4.78, 5) is 7.72. The first kappa shape index (κ1) is 21.4. The van der Waals surface area contributed by atoms with Crippen molar-refractivity contribution in [3.05, 3.63) is 0 Å². The van der Waals surface area contributed by atoms with Gasteiger partial charge in [0.25, 0.3) is 5.96 Å². The van der Waals surface area contributed by atoms with Crippen LogP contribution < -0.4 is 0 Å². The third-order valence-electron chi connectivity index (χ3n) is 4.13. The summed E-state index contributed by atoms with van der Waals surface area (Å²) >= 11 is 0. The van der Waals surface area contributed by atoms with Gasteiger partial charge in [-0.2, -0.15) is 0 Å². The highest BCUT2D eigenvalue weighted by molar-refractivity contribution is 5.73. The number of nitrogens with zero attached hydrogens (tertiary/aromatic N) is 3. The molecule has 0 heterocycles. The van der Waals surface area contributed by atoms with Gasteiger partial charge in [0.05, 0.1) is 19.6 Å². The van der Waals surface area contributed by atoms with E-state index in [9.17, 15) is 0 Å². The van der Waals surface area contributed by atoms with Crippen molar-refractivity contribution < 1.29 is 4.48 Å². The zero-order valence-corrected chi connectivity index (χ0v) is 16.3. The van der Waals surface area contributed by atoms with Gasteiger partial charge in [0.15, 0.2) is 0 Å². The molecule has 0 bridgehead atoms. The average Bonchev–Trinajstić information content (AvgIpc) is 2.49. The van der Waals surface area contributed by atoms with Gasteiger partial charge in [-0.05, 0) is 38.5 Å². The molecule has 0 fully saturated rings. The molecule has 0 saturated carbocycles. The smallest absolute Gasteiger partial charge is 0.300 e. The topological polar surface area (TPSA) is 15.6 Å². The molecule has 0 N–H and O–H groups in total. The van der Waals surface area contributed by atoms with Crippen LogP contribution in [0, 0.1) is 0 Å². The van der Waals surface area contributed by atoms with E-state index >= 15 is 0 Å². The second kappa shape index (κ2) is 12.9. The molecule has 0 aromatic rings. The quantitative estimate of drug-likeness (QED) is 0.284. The highest BCUT2D eigenvalue weighted by Gasteiger charge is 2.35. The molecule has 0 aliphatic rings. The van der Waals surface area contributed by atoms with Crippen LogP contribution in [0.25, 0.3) is 0 Å². The lowest BCUT2D eigenvalue weighted by Crippen LogP contribution is -2.60. The Kier molecular flexibility index (Phi) is 12.6. The van der Waals surface area contributed by atoms with Crippen molar-refractivity contribution in [2.45, 2.75) is 80.1 Å². The van der Waals surface area contributed by atoms with Crippen molar-refractivity contribution in [2.75, 3.05) is 39.3 Å². The predicted octanol–water partition coefficient (Wildman–Crippen LogP) is 4.92. The molecule has 0 aliphatic carbocycles. The first-order valence-electron chi connectivity index (χ1n) is 9.81. The number of rotatable bonds is 12. The lowest BCUT2D eigenvalue weighted by atomic mass is 10.2. The van der Waals surface area contributed by atoms with Crippen LogP contribution in [-0.4, -0.2) is 54.6 Å². The number of hydrogen-bond donors (Lipinski definition) is 0. The summed E-state index contributed by atoms with van der Waals surface area (Å²) in [5.74, 6) is 1.39. The Morgan fingerprint density at radius 2 is 1.14 bits per heavy atom. The van der Waals surface area contributed by atoms with Gasteiger partial charge in [-0.25, -0.2) is 4.99 Å². The largest absolute Gasteiger partial charge is 0.311 e. The van der Waals surface area contributed by atoms with Gasteiger partial charge in [0, 0.05) is 19.6 Å². The maximum absolute atomic E-state index is 5.12. The van der Waals surface area contributed by atoms with Crippen LogP contribution in [0.4, 0.5) is 0 Å². The normalized spacial score (nSPS) is 12.7. The molecule has 0 amide bonds. The van der Waals surface area contributed by atoms with Crippen molar-refractivity contribution in [1.29, 1.82) is 0 Å². The molecule has 0 rings (SSSR count). The zero-order chi connectivity index (χ0) is 16.8. The lowest BCUT2D eigenvalue weighted by Gasteiger charge is -2.42. The molecule has 0 radical (unpaired) electrons. The molecule has 132 valence electrons. The Bertz CT molecular complexity index is 263. The second-order valence-electron chi connectivity index (χ2n) is 6.48. The van der Waals surface area contributed by atoms with Gasteiger partial charge in [0.2, 0.25) is 0 Å². The average molecular weight is 313 g/mol. The molecular weight excluding hydrogens is 270 g/mol. The van der Waals surface area contributed by atoms with Gasteiger partial charge in [-0.3, -0.25) is 4.48 Å². The maximum Gasteiger partial charge on any atom is 0.300 e. The van der Waals surface area contributed by atoms with Crippen molar-refractivity contribution in [3.8, 4) is 0 Å². The summed E-state index contributed by atoms with van der Waals surface area (Å²) < 4.78 is 1.10. The highest BCUT2D eigenvalue weighted by atomic mass is 15.5. The lowest BCUT2D eigenvalue weighted by molar-refractivity contribution is -0.847. The third-order valence-corrected chi connectivity index (χ3v) is 4.13. The van der Waals surface area contributed by atoms with Crippen LogP contribution >= 0.6 is 0 Å². The van der Waals surface area contributed by atoms with E-state index in [4.69, 9.17) is 4.99 Å². The number of quaternary nitrogens is 1. The van der Waals surface area contributed by atoms with E-state index in [-0.39, 0.29) is 0 Å². The van der Waals surface area contributed by atoms with E-state index in [0.717, 1.165) is 30.5 Å². The molecule has 0 aromatic heterocycles. The molecule has 3 nitrogen and oxygen atoms in total. The molecule has 22 heavy (non-hydrogen) atoms. The maximum atomic E-state index is 5.12. The minimum absolute atomic E-state index is 0.969. The van der Waals surface area contributed by atoms with Crippen LogP contribution in [0.5, 0.6) is 0 Å². The van der Waals surface area contributed by atoms with Crippen LogP contribution in [-0.2, 0) is 0 Å². The van der Waals surface area contributed by atoms with E-state index in [2.05, 4.69) is 46.4 Å². The van der Waals surface area contributed by atoms with Crippen molar-refractivity contribution >= 4 is 5.96 Å². The minimum Gasteiger partial charge on any atom is -0.311 e. The molecule has 0 unspecified atom stereocenters. The molecule has 0 aliphatic heterocycles. The first-order valence-corrected chi connectivity index (χ1v) is 9.81. The molecule has 0 atom stereocenters. The van der Waals surface area contributed by atoms with E-state index in [0.29, 0.717) is 0 Å². The van der Waals surface area contributed by atoms with Crippen LogP contribution in [0.2, 0.25) is 0 Å². The van der Waals surface area contributed by atoms with Gasteiger partial charge in [0.1, 0.15) is 0 Å². The van der Waals surface area contributed by atoms with Crippen LogP contribution in [0.3, 0.4) is 0 Å². The predicted molar refractivity (Wildman–Crippen MR) is 100 cm³/mol. The number of guanidine groups is 1. The van der Waals surface area contributed by atoms with E-state index in [1.54, 1.807) is 0 Å². The second-order valence-corrected chi connectivity index (χ2v) is 6.48. The fourth-order valence-corrected chi connectivity index (χ4v) is 3.53. The van der Waals surface area contributed by atoms with Gasteiger partial charge in [-0.1, -0.05) is 41.5 Å². The SMILES string of the molecule is CCC/N=C(\N(CCC)CCC)[N+](CCC)(CCC)CCC. The Morgan fingerprint density at radius 1 is 0.682 bits per heavy atom. The number of aliphatic imine (C=N–C) groups is 1. The summed E-state index contributed by atoms with van der Waals surface area (Å²) in [5.41, 5.74) is 0.